The molecule has 1 heterocycles. The highest BCUT2D eigenvalue weighted by atomic mass is 19.1. The third kappa shape index (κ3) is 1.77. The lowest BCUT2D eigenvalue weighted by atomic mass is 10.00. The van der Waals surface area contributed by atoms with Crippen LogP contribution in [0.4, 0.5) is 10.1 Å². The zero-order valence-corrected chi connectivity index (χ0v) is 7.89. The first-order valence-electron chi connectivity index (χ1n) is 4.72. The molecule has 1 aliphatic heterocycles. The lowest BCUT2D eigenvalue weighted by Gasteiger charge is -2.14. The second kappa shape index (κ2) is 3.80. The highest BCUT2D eigenvalue weighted by molar-refractivity contribution is 5.68. The van der Waals surface area contributed by atoms with Crippen molar-refractivity contribution < 1.29 is 4.39 Å². The van der Waals surface area contributed by atoms with Gasteiger partial charge in [0.2, 0.25) is 0 Å². The van der Waals surface area contributed by atoms with E-state index in [0.29, 0.717) is 0 Å². The van der Waals surface area contributed by atoms with Crippen molar-refractivity contribution >= 4 is 11.3 Å². The molecule has 0 saturated heterocycles. The topological polar surface area (TPSA) is 38.0 Å². The van der Waals surface area contributed by atoms with Crippen LogP contribution in [0, 0.1) is 5.82 Å². The molecule has 0 amide bonds. The molecular weight excluding hydrogens is 179 g/mol. The minimum atomic E-state index is -0.332. The Balaban J connectivity index is 2.32. The maximum Gasteiger partial charge on any atom is 0.146 e. The molecule has 3 N–H and O–H groups in total. The van der Waals surface area contributed by atoms with Gasteiger partial charge in [0.05, 0.1) is 5.69 Å². The molecule has 0 saturated carbocycles. The van der Waals surface area contributed by atoms with Crippen LogP contribution >= 0.6 is 0 Å². The van der Waals surface area contributed by atoms with Crippen LogP contribution in [0.15, 0.2) is 24.3 Å². The van der Waals surface area contributed by atoms with E-state index in [4.69, 9.17) is 5.73 Å². The smallest absolute Gasteiger partial charge is 0.146 e. The van der Waals surface area contributed by atoms with Crippen LogP contribution in [0.25, 0.3) is 5.57 Å². The van der Waals surface area contributed by atoms with Gasteiger partial charge in [0.15, 0.2) is 0 Å². The molecular formula is C11H13FN2. The largest absolute Gasteiger partial charge is 0.396 e. The molecule has 0 spiro atoms. The quantitative estimate of drug-likeness (QED) is 0.666. The number of hydrogen-bond acceptors (Lipinski definition) is 2. The van der Waals surface area contributed by atoms with Crippen molar-refractivity contribution in [2.45, 2.75) is 6.42 Å². The molecule has 0 bridgehead atoms. The predicted octanol–water partition coefficient (Wildman–Crippen LogP) is 1.78. The number of hydrogen-bond donors (Lipinski definition) is 2. The molecule has 0 aromatic heterocycles. The molecule has 0 atom stereocenters. The van der Waals surface area contributed by atoms with E-state index in [1.54, 1.807) is 6.07 Å². The summed E-state index contributed by atoms with van der Waals surface area (Å²) >= 11 is 0. The van der Waals surface area contributed by atoms with Crippen LogP contribution in [0.5, 0.6) is 0 Å². The van der Waals surface area contributed by atoms with Crippen molar-refractivity contribution in [3.8, 4) is 0 Å². The molecule has 1 aromatic carbocycles. The lowest BCUT2D eigenvalue weighted by Crippen LogP contribution is -2.20. The van der Waals surface area contributed by atoms with Gasteiger partial charge in [-0.15, -0.1) is 0 Å². The third-order valence-corrected chi connectivity index (χ3v) is 2.44. The average molecular weight is 192 g/mol. The summed E-state index contributed by atoms with van der Waals surface area (Å²) in [7, 11) is 0. The number of nitrogens with two attached hydrogens (primary N) is 1. The highest BCUT2D eigenvalue weighted by Gasteiger charge is 2.07. The second-order valence-corrected chi connectivity index (χ2v) is 3.42. The summed E-state index contributed by atoms with van der Waals surface area (Å²) in [6, 6.07) is 5.00. The molecule has 0 aliphatic carbocycles. The fourth-order valence-corrected chi connectivity index (χ4v) is 1.61. The van der Waals surface area contributed by atoms with Gasteiger partial charge in [0, 0.05) is 6.54 Å². The molecule has 3 heteroatoms. The Morgan fingerprint density at radius 1 is 1.36 bits per heavy atom. The molecule has 0 radical (unpaired) electrons. The molecule has 14 heavy (non-hydrogen) atoms. The number of halogens is 1. The summed E-state index contributed by atoms with van der Waals surface area (Å²) in [5.74, 6) is -0.332. The minimum Gasteiger partial charge on any atom is -0.396 e. The molecule has 1 aliphatic rings. The van der Waals surface area contributed by atoms with Crippen molar-refractivity contribution in [1.29, 1.82) is 0 Å². The van der Waals surface area contributed by atoms with Gasteiger partial charge in [-0.1, -0.05) is 12.1 Å². The van der Waals surface area contributed by atoms with Gasteiger partial charge in [0.1, 0.15) is 5.82 Å². The first kappa shape index (κ1) is 9.21. The number of anilines is 1. The predicted molar refractivity (Wildman–Crippen MR) is 56.3 cm³/mol. The number of nitrogen functional groups attached to an aromatic ring is 1. The van der Waals surface area contributed by atoms with E-state index in [9.17, 15) is 4.39 Å². The van der Waals surface area contributed by atoms with Crippen LogP contribution in [0.1, 0.15) is 12.0 Å². The Bertz CT molecular complexity index is 372. The highest BCUT2D eigenvalue weighted by Crippen LogP contribution is 2.22. The van der Waals surface area contributed by atoms with Crippen molar-refractivity contribution in [3.63, 3.8) is 0 Å². The zero-order valence-electron chi connectivity index (χ0n) is 7.89. The number of benzene rings is 1. The van der Waals surface area contributed by atoms with Gasteiger partial charge in [-0.2, -0.15) is 0 Å². The minimum absolute atomic E-state index is 0.211. The summed E-state index contributed by atoms with van der Waals surface area (Å²) in [6.07, 6.45) is 3.04. The van der Waals surface area contributed by atoms with Crippen LogP contribution in [-0.4, -0.2) is 13.1 Å². The van der Waals surface area contributed by atoms with Gasteiger partial charge in [-0.25, -0.2) is 4.39 Å². The van der Waals surface area contributed by atoms with E-state index in [2.05, 4.69) is 11.4 Å². The average Bonchev–Trinajstić information content (AvgIpc) is 2.23. The summed E-state index contributed by atoms with van der Waals surface area (Å²) in [4.78, 5) is 0. The summed E-state index contributed by atoms with van der Waals surface area (Å²) in [6.45, 7) is 1.82. The third-order valence-electron chi connectivity index (χ3n) is 2.44. The molecule has 0 unspecified atom stereocenters. The van der Waals surface area contributed by atoms with Gasteiger partial charge >= 0.3 is 0 Å². The van der Waals surface area contributed by atoms with Gasteiger partial charge in [-0.3, -0.25) is 0 Å². The van der Waals surface area contributed by atoms with Gasteiger partial charge < -0.3 is 11.1 Å². The van der Waals surface area contributed by atoms with E-state index in [-0.39, 0.29) is 11.5 Å². The Labute approximate surface area is 82.6 Å². The van der Waals surface area contributed by atoms with Crippen molar-refractivity contribution in [3.05, 3.63) is 35.7 Å². The molecule has 2 nitrogen and oxygen atoms in total. The van der Waals surface area contributed by atoms with E-state index in [1.165, 1.54) is 11.6 Å². The Kier molecular flexibility index (Phi) is 2.50. The number of rotatable bonds is 1. The maximum absolute atomic E-state index is 13.2. The van der Waals surface area contributed by atoms with Gasteiger partial charge in [-0.05, 0) is 36.2 Å². The lowest BCUT2D eigenvalue weighted by molar-refractivity contribution is 0.631. The van der Waals surface area contributed by atoms with E-state index in [1.807, 2.05) is 6.07 Å². The first-order chi connectivity index (χ1) is 6.77. The Morgan fingerprint density at radius 3 is 2.86 bits per heavy atom. The molecule has 0 fully saturated rings. The standard InChI is InChI=1S/C11H13FN2/c12-10-7-9(1-2-11(10)13)8-3-5-14-6-4-8/h1-3,7,14H,4-6,13H2. The zero-order chi connectivity index (χ0) is 9.97. The van der Waals surface area contributed by atoms with Crippen molar-refractivity contribution in [2.75, 3.05) is 18.8 Å². The van der Waals surface area contributed by atoms with Crippen LogP contribution < -0.4 is 11.1 Å². The summed E-state index contributed by atoms with van der Waals surface area (Å²) in [5.41, 5.74) is 7.76. The van der Waals surface area contributed by atoms with Crippen molar-refractivity contribution in [2.24, 2.45) is 0 Å². The van der Waals surface area contributed by atoms with E-state index < -0.39 is 0 Å². The molecule has 2 rings (SSSR count). The Hall–Kier alpha value is -1.35. The van der Waals surface area contributed by atoms with Crippen LogP contribution in [0.3, 0.4) is 0 Å². The van der Waals surface area contributed by atoms with Crippen molar-refractivity contribution in [1.82, 2.24) is 5.32 Å². The van der Waals surface area contributed by atoms with Crippen LogP contribution in [-0.2, 0) is 0 Å². The monoisotopic (exact) mass is 192 g/mol. The second-order valence-electron chi connectivity index (χ2n) is 3.42. The maximum atomic E-state index is 13.2. The first-order valence-corrected chi connectivity index (χ1v) is 4.72. The van der Waals surface area contributed by atoms with E-state index in [0.717, 1.165) is 25.1 Å². The Morgan fingerprint density at radius 2 is 2.21 bits per heavy atom. The normalized spacial score (nSPS) is 16.5. The van der Waals surface area contributed by atoms with Gasteiger partial charge in [0.25, 0.3) is 0 Å². The SMILES string of the molecule is Nc1ccc(C2=CCNCC2)cc1F. The van der Waals surface area contributed by atoms with Crippen LogP contribution in [0.2, 0.25) is 0 Å². The molecule has 1 aromatic rings. The molecule has 74 valence electrons. The number of nitrogens with one attached hydrogen (secondary N) is 1. The summed E-state index contributed by atoms with van der Waals surface area (Å²) < 4.78 is 13.2. The fourth-order valence-electron chi connectivity index (χ4n) is 1.61. The summed E-state index contributed by atoms with van der Waals surface area (Å²) in [5, 5.41) is 3.22. The fraction of sp³-hybridized carbons (Fsp3) is 0.273. The van der Waals surface area contributed by atoms with E-state index >= 15 is 0 Å².